The molecule has 122 valence electrons. The van der Waals surface area contributed by atoms with E-state index in [0.717, 1.165) is 24.8 Å². The number of likely N-dealkylation sites (tertiary alicyclic amines) is 1. The average Bonchev–Trinajstić information content (AvgIpc) is 2.45. The Labute approximate surface area is 132 Å². The first kappa shape index (κ1) is 18.5. The van der Waals surface area contributed by atoms with Crippen LogP contribution in [0.25, 0.3) is 0 Å². The molecule has 0 saturated carbocycles. The Balaban J connectivity index is 2.04. The van der Waals surface area contributed by atoms with E-state index < -0.39 is 0 Å². The van der Waals surface area contributed by atoms with Crippen LogP contribution in [0.5, 0.6) is 0 Å². The molecule has 0 unspecified atom stereocenters. The van der Waals surface area contributed by atoms with Gasteiger partial charge in [0.25, 0.3) is 0 Å². The number of rotatable bonds is 9. The molecule has 1 fully saturated rings. The van der Waals surface area contributed by atoms with Crippen LogP contribution in [-0.4, -0.2) is 37.6 Å². The molecular formula is C18H35N3. The lowest BCUT2D eigenvalue weighted by Gasteiger charge is -2.32. The van der Waals surface area contributed by atoms with E-state index in [9.17, 15) is 0 Å². The van der Waals surface area contributed by atoms with E-state index in [-0.39, 0.29) is 5.41 Å². The minimum Gasteiger partial charge on any atom is -0.316 e. The molecule has 0 bridgehead atoms. The molecule has 3 heteroatoms. The summed E-state index contributed by atoms with van der Waals surface area (Å²) in [6.07, 6.45) is 6.13. The van der Waals surface area contributed by atoms with Crippen molar-refractivity contribution in [2.75, 3.05) is 32.7 Å². The third-order valence-electron chi connectivity index (χ3n) is 4.52. The van der Waals surface area contributed by atoms with E-state index in [4.69, 9.17) is 5.26 Å². The molecule has 0 aromatic carbocycles. The molecule has 0 spiro atoms. The van der Waals surface area contributed by atoms with Crippen LogP contribution in [0, 0.1) is 28.6 Å². The number of nitriles is 1. The predicted octanol–water partition coefficient (Wildman–Crippen LogP) is 3.66. The maximum absolute atomic E-state index is 9.01. The third kappa shape index (κ3) is 8.44. The normalized spacial score (nSPS) is 18.1. The Morgan fingerprint density at radius 2 is 1.90 bits per heavy atom. The summed E-state index contributed by atoms with van der Waals surface area (Å²) in [5.74, 6) is 1.63. The second kappa shape index (κ2) is 9.43. The van der Waals surface area contributed by atoms with Gasteiger partial charge in [-0.1, -0.05) is 20.3 Å². The summed E-state index contributed by atoms with van der Waals surface area (Å²) >= 11 is 0. The summed E-state index contributed by atoms with van der Waals surface area (Å²) in [4.78, 5) is 2.61. The molecular weight excluding hydrogens is 258 g/mol. The van der Waals surface area contributed by atoms with Crippen molar-refractivity contribution in [2.45, 2.75) is 59.8 Å². The molecule has 0 aromatic heterocycles. The Hall–Kier alpha value is -0.590. The van der Waals surface area contributed by atoms with Crippen molar-refractivity contribution in [1.29, 1.82) is 5.26 Å². The lowest BCUT2D eigenvalue weighted by Crippen LogP contribution is -2.38. The zero-order valence-electron chi connectivity index (χ0n) is 14.6. The van der Waals surface area contributed by atoms with Crippen LogP contribution in [0.2, 0.25) is 0 Å². The summed E-state index contributed by atoms with van der Waals surface area (Å²) in [5.41, 5.74) is -0.144. The molecule has 21 heavy (non-hydrogen) atoms. The first-order chi connectivity index (χ1) is 9.93. The van der Waals surface area contributed by atoms with Crippen molar-refractivity contribution in [3.8, 4) is 6.07 Å². The quantitative estimate of drug-likeness (QED) is 0.659. The Morgan fingerprint density at radius 3 is 2.48 bits per heavy atom. The lowest BCUT2D eigenvalue weighted by molar-refractivity contribution is 0.177. The van der Waals surface area contributed by atoms with E-state index in [0.29, 0.717) is 0 Å². The fraction of sp³-hybridized carbons (Fsp3) is 0.944. The lowest BCUT2D eigenvalue weighted by atomic mass is 9.89. The van der Waals surface area contributed by atoms with Crippen LogP contribution in [0.15, 0.2) is 0 Å². The van der Waals surface area contributed by atoms with Crippen molar-refractivity contribution in [3.05, 3.63) is 0 Å². The molecule has 0 aromatic rings. The monoisotopic (exact) mass is 293 g/mol. The van der Waals surface area contributed by atoms with Gasteiger partial charge in [-0.2, -0.15) is 5.26 Å². The second-order valence-corrected chi connectivity index (χ2v) is 7.79. The SMILES string of the molecule is CC(C)CNCC1CCN(CCCCC(C)(C)C#N)CC1. The highest BCUT2D eigenvalue weighted by molar-refractivity contribution is 4.91. The fourth-order valence-corrected chi connectivity index (χ4v) is 2.95. The Bertz CT molecular complexity index is 309. The number of nitrogens with one attached hydrogen (secondary N) is 1. The van der Waals surface area contributed by atoms with Gasteiger partial charge in [-0.15, -0.1) is 0 Å². The van der Waals surface area contributed by atoms with Gasteiger partial charge >= 0.3 is 0 Å². The van der Waals surface area contributed by atoms with E-state index in [1.165, 1.54) is 51.9 Å². The number of hydrogen-bond donors (Lipinski definition) is 1. The smallest absolute Gasteiger partial charge is 0.0683 e. The molecule has 1 rings (SSSR count). The van der Waals surface area contributed by atoms with Crippen LogP contribution in [0.4, 0.5) is 0 Å². The molecule has 0 atom stereocenters. The minimum atomic E-state index is -0.144. The van der Waals surface area contributed by atoms with Crippen LogP contribution in [0.1, 0.15) is 59.8 Å². The maximum Gasteiger partial charge on any atom is 0.0683 e. The first-order valence-corrected chi connectivity index (χ1v) is 8.77. The highest BCUT2D eigenvalue weighted by Crippen LogP contribution is 2.22. The van der Waals surface area contributed by atoms with Gasteiger partial charge in [0, 0.05) is 0 Å². The molecule has 1 heterocycles. The van der Waals surface area contributed by atoms with Crippen LogP contribution < -0.4 is 5.32 Å². The molecule has 0 amide bonds. The molecule has 3 nitrogen and oxygen atoms in total. The number of unbranched alkanes of at least 4 members (excludes halogenated alkanes) is 1. The van der Waals surface area contributed by atoms with Gasteiger partial charge in [0.2, 0.25) is 0 Å². The summed E-state index contributed by atoms with van der Waals surface area (Å²) in [6.45, 7) is 14.7. The standard InChI is InChI=1S/C18H35N3/c1-16(2)13-20-14-17-7-11-21(12-8-17)10-6-5-9-18(3,4)15-19/h16-17,20H,5-14H2,1-4H3. The summed E-state index contributed by atoms with van der Waals surface area (Å²) in [5, 5.41) is 12.6. The van der Waals surface area contributed by atoms with Gasteiger partial charge in [0.1, 0.15) is 0 Å². The van der Waals surface area contributed by atoms with E-state index >= 15 is 0 Å². The minimum absolute atomic E-state index is 0.144. The molecule has 1 aliphatic heterocycles. The van der Waals surface area contributed by atoms with Crippen LogP contribution in [0.3, 0.4) is 0 Å². The van der Waals surface area contributed by atoms with Gasteiger partial charge in [0.15, 0.2) is 0 Å². The topological polar surface area (TPSA) is 39.1 Å². The molecule has 0 radical (unpaired) electrons. The van der Waals surface area contributed by atoms with Gasteiger partial charge in [0.05, 0.1) is 11.5 Å². The third-order valence-corrected chi connectivity index (χ3v) is 4.52. The zero-order chi connectivity index (χ0) is 15.7. The van der Waals surface area contributed by atoms with Crippen molar-refractivity contribution < 1.29 is 0 Å². The molecule has 1 N–H and O–H groups in total. The van der Waals surface area contributed by atoms with E-state index in [1.807, 2.05) is 13.8 Å². The first-order valence-electron chi connectivity index (χ1n) is 8.77. The number of hydrogen-bond acceptors (Lipinski definition) is 3. The van der Waals surface area contributed by atoms with E-state index in [2.05, 4.69) is 30.1 Å². The predicted molar refractivity (Wildman–Crippen MR) is 90.1 cm³/mol. The summed E-state index contributed by atoms with van der Waals surface area (Å²) in [7, 11) is 0. The van der Waals surface area contributed by atoms with Crippen molar-refractivity contribution in [1.82, 2.24) is 10.2 Å². The van der Waals surface area contributed by atoms with Gasteiger partial charge in [-0.3, -0.25) is 0 Å². The Kier molecular flexibility index (Phi) is 8.29. The number of nitrogens with zero attached hydrogens (tertiary/aromatic N) is 2. The second-order valence-electron chi connectivity index (χ2n) is 7.79. The number of piperidine rings is 1. The highest BCUT2D eigenvalue weighted by atomic mass is 15.1. The van der Waals surface area contributed by atoms with Crippen molar-refractivity contribution in [2.24, 2.45) is 17.3 Å². The maximum atomic E-state index is 9.01. The molecule has 1 saturated heterocycles. The zero-order valence-corrected chi connectivity index (χ0v) is 14.6. The van der Waals surface area contributed by atoms with Crippen LogP contribution in [-0.2, 0) is 0 Å². The van der Waals surface area contributed by atoms with Gasteiger partial charge < -0.3 is 10.2 Å². The largest absolute Gasteiger partial charge is 0.316 e. The highest BCUT2D eigenvalue weighted by Gasteiger charge is 2.19. The van der Waals surface area contributed by atoms with Crippen molar-refractivity contribution in [3.63, 3.8) is 0 Å². The summed E-state index contributed by atoms with van der Waals surface area (Å²) in [6, 6.07) is 2.39. The van der Waals surface area contributed by atoms with Crippen LogP contribution >= 0.6 is 0 Å². The van der Waals surface area contributed by atoms with Gasteiger partial charge in [-0.05, 0) is 84.1 Å². The molecule has 1 aliphatic rings. The van der Waals surface area contributed by atoms with Gasteiger partial charge in [-0.25, -0.2) is 0 Å². The summed E-state index contributed by atoms with van der Waals surface area (Å²) < 4.78 is 0. The molecule has 0 aliphatic carbocycles. The average molecular weight is 293 g/mol. The Morgan fingerprint density at radius 1 is 1.24 bits per heavy atom. The fourth-order valence-electron chi connectivity index (χ4n) is 2.95. The van der Waals surface area contributed by atoms with Crippen molar-refractivity contribution >= 4 is 0 Å². The van der Waals surface area contributed by atoms with E-state index in [1.54, 1.807) is 0 Å².